The van der Waals surface area contributed by atoms with E-state index in [1.807, 2.05) is 0 Å². The molecule has 0 spiro atoms. The molecule has 2 nitrogen and oxygen atoms in total. The fourth-order valence-electron chi connectivity index (χ4n) is 1.24. The average Bonchev–Trinajstić information content (AvgIpc) is 1.86. The second-order valence-electron chi connectivity index (χ2n) is 4.71. The summed E-state index contributed by atoms with van der Waals surface area (Å²) in [6.07, 6.45) is 0. The molecule has 0 bridgehead atoms. The first-order valence-corrected chi connectivity index (χ1v) is 12.0. The molecule has 0 aliphatic heterocycles. The summed E-state index contributed by atoms with van der Waals surface area (Å²) in [4.78, 5) is 0. The van der Waals surface area contributed by atoms with Crippen LogP contribution in [0.25, 0.3) is 0 Å². The van der Waals surface area contributed by atoms with Crippen LogP contribution in [0.15, 0.2) is 0 Å². The van der Waals surface area contributed by atoms with E-state index in [2.05, 4.69) is 26.2 Å². The maximum atomic E-state index is 8.93. The van der Waals surface area contributed by atoms with E-state index in [4.69, 9.17) is 10.2 Å². The minimum absolute atomic E-state index is 0.321. The number of rotatable bonds is 5. The van der Waals surface area contributed by atoms with Crippen LogP contribution in [0.3, 0.4) is 0 Å². The van der Waals surface area contributed by atoms with Gasteiger partial charge in [-0.05, 0) is 12.1 Å². The summed E-state index contributed by atoms with van der Waals surface area (Å²) in [7, 11) is -2.45. The maximum Gasteiger partial charge on any atom is 0.0437 e. The molecule has 0 fully saturated rings. The fraction of sp³-hybridized carbons (Fsp3) is 1.00. The highest BCUT2D eigenvalue weighted by Crippen LogP contribution is 2.25. The zero-order valence-electron chi connectivity index (χ0n) is 8.72. The molecule has 0 aromatic rings. The normalized spacial score (nSPS) is 13.5. The molecular weight excluding hydrogens is 184 g/mol. The van der Waals surface area contributed by atoms with Crippen LogP contribution in [0.2, 0.25) is 38.3 Å². The standard InChI is InChI=1S/C8H22O2Si2/c1-11(2,7-5-9)12(3,4)8-6-10/h9-10H,5-8H2,1-4H3. The Morgan fingerprint density at radius 3 is 1.17 bits per heavy atom. The van der Waals surface area contributed by atoms with Gasteiger partial charge in [-0.3, -0.25) is 0 Å². The minimum Gasteiger partial charge on any atom is -0.397 e. The second-order valence-corrected chi connectivity index (χ2v) is 21.4. The van der Waals surface area contributed by atoms with Gasteiger partial charge in [0, 0.05) is 28.4 Å². The van der Waals surface area contributed by atoms with Gasteiger partial charge in [-0.25, -0.2) is 0 Å². The largest absolute Gasteiger partial charge is 0.397 e. The molecule has 0 unspecified atom stereocenters. The molecule has 0 radical (unpaired) electrons. The van der Waals surface area contributed by atoms with Crippen LogP contribution in [-0.2, 0) is 0 Å². The minimum atomic E-state index is -1.22. The number of hydrogen-bond donors (Lipinski definition) is 2. The van der Waals surface area contributed by atoms with Crippen molar-refractivity contribution in [3.8, 4) is 0 Å². The average molecular weight is 206 g/mol. The van der Waals surface area contributed by atoms with Crippen molar-refractivity contribution in [3.63, 3.8) is 0 Å². The van der Waals surface area contributed by atoms with Crippen LogP contribution in [0.5, 0.6) is 0 Å². The first-order valence-electron chi connectivity index (χ1n) is 4.59. The molecule has 0 atom stereocenters. The van der Waals surface area contributed by atoms with Gasteiger partial charge in [0.2, 0.25) is 0 Å². The summed E-state index contributed by atoms with van der Waals surface area (Å²) in [5.41, 5.74) is 0. The third kappa shape index (κ3) is 3.01. The lowest BCUT2D eigenvalue weighted by atomic mass is 10.9. The Kier molecular flexibility index (Phi) is 4.69. The summed E-state index contributed by atoms with van der Waals surface area (Å²) in [5, 5.41) is 17.9. The van der Waals surface area contributed by atoms with Crippen LogP contribution in [0, 0.1) is 0 Å². The summed E-state index contributed by atoms with van der Waals surface area (Å²) < 4.78 is 0. The summed E-state index contributed by atoms with van der Waals surface area (Å²) in [6, 6.07) is 1.98. The Morgan fingerprint density at radius 2 is 1.00 bits per heavy atom. The molecule has 12 heavy (non-hydrogen) atoms. The monoisotopic (exact) mass is 206 g/mol. The van der Waals surface area contributed by atoms with Gasteiger partial charge in [0.25, 0.3) is 0 Å². The first-order chi connectivity index (χ1) is 5.37. The smallest absolute Gasteiger partial charge is 0.0437 e. The lowest BCUT2D eigenvalue weighted by Gasteiger charge is -2.37. The van der Waals surface area contributed by atoms with E-state index in [-0.39, 0.29) is 0 Å². The molecule has 2 N–H and O–H groups in total. The van der Waals surface area contributed by atoms with Gasteiger partial charge in [-0.1, -0.05) is 26.2 Å². The molecule has 0 amide bonds. The van der Waals surface area contributed by atoms with Gasteiger partial charge in [-0.15, -0.1) is 0 Å². The first kappa shape index (κ1) is 12.4. The second kappa shape index (κ2) is 4.55. The Labute approximate surface area is 77.4 Å². The van der Waals surface area contributed by atoms with E-state index < -0.39 is 15.2 Å². The molecule has 0 saturated carbocycles. The summed E-state index contributed by atoms with van der Waals surface area (Å²) >= 11 is 0. The third-order valence-electron chi connectivity index (χ3n) is 3.31. The van der Waals surface area contributed by atoms with Gasteiger partial charge < -0.3 is 10.2 Å². The lowest BCUT2D eigenvalue weighted by Crippen LogP contribution is -2.55. The zero-order chi connectivity index (χ0) is 9.83. The SMILES string of the molecule is C[Si](C)(CCO)[Si](C)(C)CCO. The molecule has 0 aliphatic rings. The Balaban J connectivity index is 4.28. The van der Waals surface area contributed by atoms with E-state index >= 15 is 0 Å². The van der Waals surface area contributed by atoms with Gasteiger partial charge in [0.05, 0.1) is 0 Å². The Morgan fingerprint density at radius 1 is 0.750 bits per heavy atom. The Bertz CT molecular complexity index is 119. The molecule has 0 saturated heterocycles. The molecule has 0 aromatic carbocycles. The number of aliphatic hydroxyl groups is 2. The molecule has 74 valence electrons. The van der Waals surface area contributed by atoms with Crippen LogP contribution in [0.4, 0.5) is 0 Å². The van der Waals surface area contributed by atoms with E-state index in [0.717, 1.165) is 12.1 Å². The van der Waals surface area contributed by atoms with E-state index in [0.29, 0.717) is 13.2 Å². The van der Waals surface area contributed by atoms with Crippen molar-refractivity contribution in [1.29, 1.82) is 0 Å². The topological polar surface area (TPSA) is 40.5 Å². The molecule has 0 aliphatic carbocycles. The summed E-state index contributed by atoms with van der Waals surface area (Å²) in [5.74, 6) is 0. The predicted octanol–water partition coefficient (Wildman–Crippen LogP) is 1.47. The van der Waals surface area contributed by atoms with Crippen molar-refractivity contribution < 1.29 is 10.2 Å². The highest BCUT2D eigenvalue weighted by molar-refractivity contribution is 7.40. The van der Waals surface area contributed by atoms with Crippen molar-refractivity contribution in [2.45, 2.75) is 38.3 Å². The van der Waals surface area contributed by atoms with E-state index in [1.54, 1.807) is 0 Å². The fourth-order valence-corrected chi connectivity index (χ4v) is 8.44. The van der Waals surface area contributed by atoms with Crippen LogP contribution < -0.4 is 0 Å². The molecule has 0 rings (SSSR count). The van der Waals surface area contributed by atoms with E-state index in [1.165, 1.54) is 0 Å². The van der Waals surface area contributed by atoms with Crippen molar-refractivity contribution >= 4 is 15.2 Å². The van der Waals surface area contributed by atoms with Gasteiger partial charge in [0.1, 0.15) is 0 Å². The van der Waals surface area contributed by atoms with Gasteiger partial charge in [0.15, 0.2) is 0 Å². The van der Waals surface area contributed by atoms with Crippen LogP contribution >= 0.6 is 0 Å². The Hall–Kier alpha value is 0.354. The molecular formula is C8H22O2Si2. The van der Waals surface area contributed by atoms with E-state index in [9.17, 15) is 0 Å². The predicted molar refractivity (Wildman–Crippen MR) is 58.7 cm³/mol. The van der Waals surface area contributed by atoms with Crippen molar-refractivity contribution in [2.75, 3.05) is 13.2 Å². The summed E-state index contributed by atoms with van der Waals surface area (Å²) in [6.45, 7) is 9.99. The number of hydrogen-bond acceptors (Lipinski definition) is 2. The lowest BCUT2D eigenvalue weighted by molar-refractivity contribution is 0.314. The van der Waals surface area contributed by atoms with Crippen molar-refractivity contribution in [1.82, 2.24) is 0 Å². The maximum absolute atomic E-state index is 8.93. The quantitative estimate of drug-likeness (QED) is 0.669. The highest BCUT2D eigenvalue weighted by atomic mass is 29.3. The van der Waals surface area contributed by atoms with Gasteiger partial charge >= 0.3 is 0 Å². The van der Waals surface area contributed by atoms with Crippen molar-refractivity contribution in [3.05, 3.63) is 0 Å². The number of aliphatic hydroxyl groups excluding tert-OH is 2. The van der Waals surface area contributed by atoms with Crippen LogP contribution in [0.1, 0.15) is 0 Å². The molecule has 4 heteroatoms. The third-order valence-corrected chi connectivity index (χ3v) is 22.4. The zero-order valence-corrected chi connectivity index (χ0v) is 10.7. The molecule has 0 heterocycles. The highest BCUT2D eigenvalue weighted by Gasteiger charge is 2.39. The van der Waals surface area contributed by atoms with Gasteiger partial charge in [-0.2, -0.15) is 0 Å². The molecule has 0 aromatic heterocycles. The van der Waals surface area contributed by atoms with Crippen LogP contribution in [-0.4, -0.2) is 38.6 Å². The van der Waals surface area contributed by atoms with Crippen molar-refractivity contribution in [2.24, 2.45) is 0 Å².